The van der Waals surface area contributed by atoms with Gasteiger partial charge in [-0.25, -0.2) is 9.67 Å². The van der Waals surface area contributed by atoms with Crippen molar-refractivity contribution in [1.82, 2.24) is 14.8 Å². The number of hydrogen-bond acceptors (Lipinski definition) is 6. The zero-order valence-corrected chi connectivity index (χ0v) is 14.3. The third kappa shape index (κ3) is 3.30. The lowest BCUT2D eigenvalue weighted by Crippen LogP contribution is -2.10. The Balaban J connectivity index is 1.84. The molecule has 0 aliphatic rings. The predicted molar refractivity (Wildman–Crippen MR) is 90.7 cm³/mol. The van der Waals surface area contributed by atoms with Crippen LogP contribution in [0.2, 0.25) is 0 Å². The Kier molecular flexibility index (Phi) is 4.49. The molecule has 122 valence electrons. The van der Waals surface area contributed by atoms with Crippen LogP contribution in [0.5, 0.6) is 0 Å². The maximum Gasteiger partial charge on any atom is 0.125 e. The average Bonchev–Trinajstić information content (AvgIpc) is 3.17. The molecule has 0 aliphatic heterocycles. The highest BCUT2D eigenvalue weighted by atomic mass is 32.1. The summed E-state index contributed by atoms with van der Waals surface area (Å²) in [5, 5.41) is 18.3. The molecule has 0 aromatic carbocycles. The van der Waals surface area contributed by atoms with Crippen LogP contribution in [0.15, 0.2) is 22.8 Å². The molecule has 2 N–H and O–H groups in total. The zero-order chi connectivity index (χ0) is 16.4. The number of aliphatic hydroxyl groups is 1. The minimum Gasteiger partial charge on any atom is -0.469 e. The molecule has 3 rings (SSSR count). The summed E-state index contributed by atoms with van der Waals surface area (Å²) in [5.41, 5.74) is 2.86. The molecule has 0 saturated heterocycles. The Morgan fingerprint density at radius 2 is 2.17 bits per heavy atom. The van der Waals surface area contributed by atoms with Crippen molar-refractivity contribution in [3.63, 3.8) is 0 Å². The zero-order valence-electron chi connectivity index (χ0n) is 13.5. The van der Waals surface area contributed by atoms with Crippen molar-refractivity contribution >= 4 is 17.2 Å². The monoisotopic (exact) mass is 332 g/mol. The molecule has 0 spiro atoms. The predicted octanol–water partition coefficient (Wildman–Crippen LogP) is 3.13. The van der Waals surface area contributed by atoms with Gasteiger partial charge in [-0.05, 0) is 26.8 Å². The van der Waals surface area contributed by atoms with E-state index in [1.807, 2.05) is 32.9 Å². The molecule has 0 unspecified atom stereocenters. The Labute approximate surface area is 138 Å². The van der Waals surface area contributed by atoms with Gasteiger partial charge < -0.3 is 14.8 Å². The molecule has 0 bridgehead atoms. The molecule has 0 radical (unpaired) electrons. The summed E-state index contributed by atoms with van der Waals surface area (Å²) < 4.78 is 7.13. The molecule has 0 amide bonds. The number of aliphatic hydroxyl groups excluding tert-OH is 1. The summed E-state index contributed by atoms with van der Waals surface area (Å²) in [6, 6.07) is 3.89. The van der Waals surface area contributed by atoms with Crippen LogP contribution < -0.4 is 5.32 Å². The summed E-state index contributed by atoms with van der Waals surface area (Å²) in [4.78, 5) is 5.65. The third-order valence-corrected chi connectivity index (χ3v) is 4.73. The fourth-order valence-electron chi connectivity index (χ4n) is 2.51. The Morgan fingerprint density at radius 1 is 1.35 bits per heavy atom. The minimum atomic E-state index is 0.0405. The average molecular weight is 332 g/mol. The van der Waals surface area contributed by atoms with Gasteiger partial charge >= 0.3 is 0 Å². The van der Waals surface area contributed by atoms with E-state index in [0.29, 0.717) is 13.1 Å². The molecule has 0 saturated carbocycles. The number of furan rings is 1. The molecular formula is C16H20N4O2S. The molecule has 6 nitrogen and oxygen atoms in total. The summed E-state index contributed by atoms with van der Waals surface area (Å²) in [6.45, 7) is 7.12. The fraction of sp³-hybridized carbons (Fsp3) is 0.375. The highest BCUT2D eigenvalue weighted by molar-refractivity contribution is 7.11. The van der Waals surface area contributed by atoms with Gasteiger partial charge in [0.25, 0.3) is 0 Å². The van der Waals surface area contributed by atoms with E-state index in [4.69, 9.17) is 4.42 Å². The minimum absolute atomic E-state index is 0.0405. The van der Waals surface area contributed by atoms with E-state index in [-0.39, 0.29) is 6.61 Å². The van der Waals surface area contributed by atoms with Crippen LogP contribution in [0.3, 0.4) is 0 Å². The lowest BCUT2D eigenvalue weighted by Gasteiger charge is -2.07. The topological polar surface area (TPSA) is 76.1 Å². The second kappa shape index (κ2) is 6.55. The number of nitrogens with zero attached hydrogens (tertiary/aromatic N) is 3. The molecule has 0 fully saturated rings. The van der Waals surface area contributed by atoms with Gasteiger partial charge in [-0.2, -0.15) is 5.10 Å². The molecule has 3 aromatic rings. The second-order valence-corrected chi connectivity index (χ2v) is 6.63. The maximum absolute atomic E-state index is 9.26. The van der Waals surface area contributed by atoms with E-state index in [1.165, 1.54) is 4.88 Å². The van der Waals surface area contributed by atoms with Gasteiger partial charge in [0.1, 0.15) is 11.6 Å². The largest absolute Gasteiger partial charge is 0.469 e. The van der Waals surface area contributed by atoms with E-state index < -0.39 is 0 Å². The van der Waals surface area contributed by atoms with Crippen molar-refractivity contribution < 1.29 is 9.52 Å². The van der Waals surface area contributed by atoms with E-state index in [9.17, 15) is 5.11 Å². The first kappa shape index (κ1) is 15.8. The third-order valence-electron chi connectivity index (χ3n) is 3.66. The van der Waals surface area contributed by atoms with Crippen molar-refractivity contribution in [2.45, 2.75) is 33.9 Å². The standard InChI is InChI=1S/C16H20N4O2S/c1-10-15(23-12(3)18-10)9-17-16-8-14(19-20(16)5-6-21)13-4-7-22-11(13)2/h4,7-8,17,21H,5-6,9H2,1-3H3. The molecular weight excluding hydrogens is 312 g/mol. The molecule has 3 heterocycles. The lowest BCUT2D eigenvalue weighted by molar-refractivity contribution is 0.270. The Hall–Kier alpha value is -2.12. The smallest absolute Gasteiger partial charge is 0.125 e. The maximum atomic E-state index is 9.26. The second-order valence-electron chi connectivity index (χ2n) is 5.35. The van der Waals surface area contributed by atoms with Gasteiger partial charge in [-0.15, -0.1) is 11.3 Å². The van der Waals surface area contributed by atoms with Crippen LogP contribution in [0.4, 0.5) is 5.82 Å². The summed E-state index contributed by atoms with van der Waals surface area (Å²) in [7, 11) is 0. The summed E-state index contributed by atoms with van der Waals surface area (Å²) >= 11 is 1.69. The summed E-state index contributed by atoms with van der Waals surface area (Å²) in [5.74, 6) is 1.71. The number of aryl methyl sites for hydroxylation is 3. The van der Waals surface area contributed by atoms with E-state index >= 15 is 0 Å². The normalized spacial score (nSPS) is 11.1. The molecule has 0 atom stereocenters. The van der Waals surface area contributed by atoms with Crippen LogP contribution in [-0.4, -0.2) is 26.5 Å². The first-order valence-electron chi connectivity index (χ1n) is 7.48. The SMILES string of the molecule is Cc1nc(C)c(CNc2cc(-c3ccoc3C)nn2CCO)s1. The number of rotatable bonds is 6. The van der Waals surface area contributed by atoms with Gasteiger partial charge in [0.15, 0.2) is 0 Å². The Morgan fingerprint density at radius 3 is 2.78 bits per heavy atom. The number of nitrogens with one attached hydrogen (secondary N) is 1. The number of anilines is 1. The van der Waals surface area contributed by atoms with Gasteiger partial charge in [-0.1, -0.05) is 0 Å². The number of hydrogen-bond donors (Lipinski definition) is 2. The van der Waals surface area contributed by atoms with Gasteiger partial charge in [0.05, 0.1) is 42.4 Å². The van der Waals surface area contributed by atoms with Crippen LogP contribution in [0, 0.1) is 20.8 Å². The van der Waals surface area contributed by atoms with Crippen molar-refractivity contribution in [3.8, 4) is 11.3 Å². The highest BCUT2D eigenvalue weighted by Gasteiger charge is 2.13. The highest BCUT2D eigenvalue weighted by Crippen LogP contribution is 2.26. The van der Waals surface area contributed by atoms with Crippen molar-refractivity contribution in [2.24, 2.45) is 0 Å². The van der Waals surface area contributed by atoms with Gasteiger partial charge in [0.2, 0.25) is 0 Å². The van der Waals surface area contributed by atoms with Crippen LogP contribution in [0.1, 0.15) is 21.3 Å². The molecule has 7 heteroatoms. The van der Waals surface area contributed by atoms with E-state index in [2.05, 4.69) is 15.4 Å². The van der Waals surface area contributed by atoms with Crippen molar-refractivity contribution in [3.05, 3.63) is 39.7 Å². The molecule has 23 heavy (non-hydrogen) atoms. The van der Waals surface area contributed by atoms with Gasteiger partial charge in [-0.3, -0.25) is 0 Å². The number of aromatic nitrogens is 3. The fourth-order valence-corrected chi connectivity index (χ4v) is 3.39. The van der Waals surface area contributed by atoms with Crippen LogP contribution in [0.25, 0.3) is 11.3 Å². The first-order chi connectivity index (χ1) is 11.1. The van der Waals surface area contributed by atoms with Gasteiger partial charge in [0, 0.05) is 16.5 Å². The molecule has 3 aromatic heterocycles. The van der Waals surface area contributed by atoms with Crippen LogP contribution in [-0.2, 0) is 13.1 Å². The Bertz CT molecular complexity index is 803. The van der Waals surface area contributed by atoms with Crippen molar-refractivity contribution in [2.75, 3.05) is 11.9 Å². The quantitative estimate of drug-likeness (QED) is 0.725. The number of thiazole rings is 1. The first-order valence-corrected chi connectivity index (χ1v) is 8.30. The van der Waals surface area contributed by atoms with Crippen LogP contribution >= 0.6 is 11.3 Å². The molecule has 0 aliphatic carbocycles. The lowest BCUT2D eigenvalue weighted by atomic mass is 10.2. The van der Waals surface area contributed by atoms with E-state index in [1.54, 1.807) is 22.3 Å². The van der Waals surface area contributed by atoms with Crippen molar-refractivity contribution in [1.29, 1.82) is 0 Å². The van der Waals surface area contributed by atoms with E-state index in [0.717, 1.165) is 33.5 Å². The summed E-state index contributed by atoms with van der Waals surface area (Å²) in [6.07, 6.45) is 1.66.